The highest BCUT2D eigenvalue weighted by Crippen LogP contribution is 2.34. The molecule has 1 aromatic carbocycles. The number of aryl methyl sites for hydroxylation is 1. The van der Waals surface area contributed by atoms with Gasteiger partial charge in [-0.25, -0.2) is 0 Å². The normalized spacial score (nSPS) is 19.2. The Labute approximate surface area is 115 Å². The number of anilines is 1. The zero-order valence-corrected chi connectivity index (χ0v) is 11.1. The van der Waals surface area contributed by atoms with E-state index >= 15 is 0 Å². The second kappa shape index (κ2) is 4.66. The van der Waals surface area contributed by atoms with Crippen molar-refractivity contribution in [3.8, 4) is 0 Å². The lowest BCUT2D eigenvalue weighted by Gasteiger charge is -2.17. The Hall–Kier alpha value is -1.88. The number of hydrogen-bond acceptors (Lipinski definition) is 4. The van der Waals surface area contributed by atoms with Crippen molar-refractivity contribution in [3.63, 3.8) is 0 Å². The van der Waals surface area contributed by atoms with Crippen LogP contribution in [0.5, 0.6) is 0 Å². The van der Waals surface area contributed by atoms with Gasteiger partial charge in [-0.05, 0) is 12.1 Å². The third-order valence-electron chi connectivity index (χ3n) is 3.18. The van der Waals surface area contributed by atoms with Crippen LogP contribution in [-0.2, 0) is 4.79 Å². The highest BCUT2D eigenvalue weighted by atomic mass is 35.5. The standard InChI is InChI=1S/C13H12ClN3O2/c1-8-15-13(16-19-8)9-6-12(18)17(7-9)11-5-3-2-4-10(11)14/h2-5,9H,6-7H2,1H3. The number of para-hydroxylation sites is 1. The van der Waals surface area contributed by atoms with Crippen LogP contribution in [-0.4, -0.2) is 22.6 Å². The lowest BCUT2D eigenvalue weighted by molar-refractivity contribution is -0.117. The van der Waals surface area contributed by atoms with Crippen LogP contribution >= 0.6 is 11.6 Å². The molecule has 6 heteroatoms. The van der Waals surface area contributed by atoms with Gasteiger partial charge in [0.05, 0.1) is 10.7 Å². The maximum absolute atomic E-state index is 12.1. The van der Waals surface area contributed by atoms with Crippen LogP contribution in [0.4, 0.5) is 5.69 Å². The fourth-order valence-corrected chi connectivity index (χ4v) is 2.50. The summed E-state index contributed by atoms with van der Waals surface area (Å²) < 4.78 is 4.96. The first-order valence-electron chi connectivity index (χ1n) is 6.00. The Morgan fingerprint density at radius 3 is 2.89 bits per heavy atom. The Kier molecular flexibility index (Phi) is 2.98. The lowest BCUT2D eigenvalue weighted by atomic mass is 10.1. The second-order valence-corrected chi connectivity index (χ2v) is 4.94. The number of nitrogens with zero attached hydrogens (tertiary/aromatic N) is 3. The van der Waals surface area contributed by atoms with Crippen LogP contribution in [0.25, 0.3) is 0 Å². The van der Waals surface area contributed by atoms with E-state index < -0.39 is 0 Å². The lowest BCUT2D eigenvalue weighted by Crippen LogP contribution is -2.24. The highest BCUT2D eigenvalue weighted by Gasteiger charge is 2.35. The average Bonchev–Trinajstić information content (AvgIpc) is 2.96. The number of aromatic nitrogens is 2. The van der Waals surface area contributed by atoms with Gasteiger partial charge in [0.25, 0.3) is 0 Å². The Balaban J connectivity index is 1.86. The molecule has 19 heavy (non-hydrogen) atoms. The maximum atomic E-state index is 12.1. The van der Waals surface area contributed by atoms with Crippen molar-refractivity contribution in [2.45, 2.75) is 19.3 Å². The topological polar surface area (TPSA) is 59.2 Å². The molecular formula is C13H12ClN3O2. The number of benzene rings is 1. The molecular weight excluding hydrogens is 266 g/mol. The van der Waals surface area contributed by atoms with Crippen molar-refractivity contribution in [2.75, 3.05) is 11.4 Å². The number of rotatable bonds is 2. The molecule has 0 bridgehead atoms. The minimum atomic E-state index is -0.0405. The molecule has 98 valence electrons. The Morgan fingerprint density at radius 1 is 1.42 bits per heavy atom. The first-order chi connectivity index (χ1) is 9.15. The summed E-state index contributed by atoms with van der Waals surface area (Å²) in [6, 6.07) is 7.31. The van der Waals surface area contributed by atoms with Crippen molar-refractivity contribution < 1.29 is 9.32 Å². The fourth-order valence-electron chi connectivity index (χ4n) is 2.26. The van der Waals surface area contributed by atoms with Gasteiger partial charge in [0.15, 0.2) is 5.82 Å². The Bertz CT molecular complexity index is 626. The number of halogens is 1. The molecule has 0 spiro atoms. The third-order valence-corrected chi connectivity index (χ3v) is 3.50. The summed E-state index contributed by atoms with van der Waals surface area (Å²) in [5.41, 5.74) is 0.733. The minimum Gasteiger partial charge on any atom is -0.340 e. The van der Waals surface area contributed by atoms with Crippen molar-refractivity contribution >= 4 is 23.2 Å². The van der Waals surface area contributed by atoms with Gasteiger partial charge >= 0.3 is 0 Å². The third kappa shape index (κ3) is 2.21. The molecule has 1 atom stereocenters. The van der Waals surface area contributed by atoms with Crippen LogP contribution in [0, 0.1) is 6.92 Å². The van der Waals surface area contributed by atoms with E-state index in [2.05, 4.69) is 10.1 Å². The number of carbonyl (C=O) groups excluding carboxylic acids is 1. The van der Waals surface area contributed by atoms with Crippen LogP contribution in [0.1, 0.15) is 24.1 Å². The molecule has 0 aliphatic carbocycles. The predicted octanol–water partition coefficient (Wildman–Crippen LogP) is 2.55. The molecule has 3 rings (SSSR count). The summed E-state index contributed by atoms with van der Waals surface area (Å²) >= 11 is 6.12. The van der Waals surface area contributed by atoms with Gasteiger partial charge in [0.1, 0.15) is 0 Å². The van der Waals surface area contributed by atoms with E-state index in [9.17, 15) is 4.79 Å². The van der Waals surface area contributed by atoms with Crippen molar-refractivity contribution in [1.82, 2.24) is 10.1 Å². The molecule has 1 aliphatic rings. The smallest absolute Gasteiger partial charge is 0.227 e. The SMILES string of the molecule is Cc1nc(C2CC(=O)N(c3ccccc3Cl)C2)no1. The molecule has 1 fully saturated rings. The maximum Gasteiger partial charge on any atom is 0.227 e. The van der Waals surface area contributed by atoms with Crippen LogP contribution in [0.2, 0.25) is 5.02 Å². The number of hydrogen-bond donors (Lipinski definition) is 0. The number of carbonyl (C=O) groups is 1. The van der Waals surface area contributed by atoms with E-state index in [1.54, 1.807) is 17.9 Å². The molecule has 1 unspecified atom stereocenters. The summed E-state index contributed by atoms with van der Waals surface area (Å²) in [4.78, 5) is 18.0. The van der Waals surface area contributed by atoms with Crippen LogP contribution in [0.3, 0.4) is 0 Å². The van der Waals surface area contributed by atoms with E-state index in [1.165, 1.54) is 0 Å². The van der Waals surface area contributed by atoms with Crippen molar-refractivity contribution in [2.24, 2.45) is 0 Å². The predicted molar refractivity (Wildman–Crippen MR) is 70.2 cm³/mol. The zero-order chi connectivity index (χ0) is 13.4. The molecule has 1 saturated heterocycles. The summed E-state index contributed by atoms with van der Waals surface area (Å²) in [5.74, 6) is 1.08. The van der Waals surface area contributed by atoms with Gasteiger partial charge in [0.2, 0.25) is 11.8 Å². The first kappa shape index (κ1) is 12.2. The zero-order valence-electron chi connectivity index (χ0n) is 10.3. The molecule has 2 heterocycles. The van der Waals surface area contributed by atoms with Crippen molar-refractivity contribution in [3.05, 3.63) is 41.0 Å². The molecule has 1 amide bonds. The van der Waals surface area contributed by atoms with Gasteiger partial charge < -0.3 is 9.42 Å². The van der Waals surface area contributed by atoms with Gasteiger partial charge in [-0.1, -0.05) is 28.9 Å². The average molecular weight is 278 g/mol. The largest absolute Gasteiger partial charge is 0.340 e. The number of amides is 1. The molecule has 0 N–H and O–H groups in total. The molecule has 1 aromatic heterocycles. The van der Waals surface area contributed by atoms with E-state index in [4.69, 9.17) is 16.1 Å². The van der Waals surface area contributed by atoms with Crippen LogP contribution in [0.15, 0.2) is 28.8 Å². The van der Waals surface area contributed by atoms with E-state index in [0.717, 1.165) is 5.69 Å². The molecule has 0 saturated carbocycles. The Morgan fingerprint density at radius 2 is 2.21 bits per heavy atom. The minimum absolute atomic E-state index is 0.0283. The molecule has 1 aliphatic heterocycles. The van der Waals surface area contributed by atoms with Gasteiger partial charge in [0, 0.05) is 25.8 Å². The van der Waals surface area contributed by atoms with Gasteiger partial charge in [-0.15, -0.1) is 0 Å². The fraction of sp³-hybridized carbons (Fsp3) is 0.308. The van der Waals surface area contributed by atoms with Gasteiger partial charge in [-0.3, -0.25) is 4.79 Å². The summed E-state index contributed by atoms with van der Waals surface area (Å²) in [5, 5.41) is 4.45. The monoisotopic (exact) mass is 277 g/mol. The highest BCUT2D eigenvalue weighted by molar-refractivity contribution is 6.33. The first-order valence-corrected chi connectivity index (χ1v) is 6.38. The molecule has 0 radical (unpaired) electrons. The molecule has 2 aromatic rings. The van der Waals surface area contributed by atoms with Crippen LogP contribution < -0.4 is 4.90 Å². The quantitative estimate of drug-likeness (QED) is 0.846. The van der Waals surface area contributed by atoms with E-state index in [0.29, 0.717) is 29.7 Å². The van der Waals surface area contributed by atoms with E-state index in [-0.39, 0.29) is 11.8 Å². The van der Waals surface area contributed by atoms with Crippen molar-refractivity contribution in [1.29, 1.82) is 0 Å². The summed E-state index contributed by atoms with van der Waals surface area (Å²) in [6.45, 7) is 2.26. The second-order valence-electron chi connectivity index (χ2n) is 4.53. The van der Waals surface area contributed by atoms with E-state index in [1.807, 2.05) is 18.2 Å². The summed E-state index contributed by atoms with van der Waals surface area (Å²) in [7, 11) is 0. The van der Waals surface area contributed by atoms with Gasteiger partial charge in [-0.2, -0.15) is 4.98 Å². The summed E-state index contributed by atoms with van der Waals surface area (Å²) in [6.07, 6.45) is 0.379. The molecule has 5 nitrogen and oxygen atoms in total.